The van der Waals surface area contributed by atoms with Crippen LogP contribution in [0.5, 0.6) is 5.75 Å². The van der Waals surface area contributed by atoms with Crippen molar-refractivity contribution in [3.05, 3.63) is 29.8 Å². The first-order valence-corrected chi connectivity index (χ1v) is 16.1. The normalized spacial score (nSPS) is 17.1. The number of benzene rings is 1. The largest absolute Gasteiger partial charge is 0.493 e. The lowest BCUT2D eigenvalue weighted by Gasteiger charge is -2.32. The minimum absolute atomic E-state index is 0.00298. The van der Waals surface area contributed by atoms with Gasteiger partial charge >= 0.3 is 0 Å². The van der Waals surface area contributed by atoms with Gasteiger partial charge in [0.05, 0.1) is 31.5 Å². The first-order chi connectivity index (χ1) is 21.0. The molecule has 1 aliphatic heterocycles. The van der Waals surface area contributed by atoms with Crippen LogP contribution in [0, 0.1) is 23.7 Å². The molecule has 1 aromatic rings. The topological polar surface area (TPSA) is 152 Å². The fraction of sp³-hybridized carbons (Fsp3) is 0.727. The summed E-state index contributed by atoms with van der Waals surface area (Å²) >= 11 is 0. The van der Waals surface area contributed by atoms with Gasteiger partial charge in [-0.15, -0.1) is 0 Å². The van der Waals surface area contributed by atoms with Crippen molar-refractivity contribution >= 4 is 17.7 Å². The Balaban J connectivity index is 1.93. The van der Waals surface area contributed by atoms with Crippen LogP contribution < -0.4 is 21.1 Å². The first kappa shape index (κ1) is 37.5. The zero-order chi connectivity index (χ0) is 32.6. The molecule has 2 rings (SSSR count). The summed E-state index contributed by atoms with van der Waals surface area (Å²) in [5, 5.41) is 17.0. The van der Waals surface area contributed by atoms with Crippen molar-refractivity contribution in [2.24, 2.45) is 29.4 Å². The minimum atomic E-state index is -0.928. The Hall–Kier alpha value is -2.73. The van der Waals surface area contributed by atoms with Crippen molar-refractivity contribution < 1.29 is 33.7 Å². The fourth-order valence-electron chi connectivity index (χ4n) is 5.28. The lowest BCUT2D eigenvalue weighted by Crippen LogP contribution is -2.52. The molecule has 5 atom stereocenters. The number of unbranched alkanes of at least 4 members (excludes halogenated alkanes) is 1. The lowest BCUT2D eigenvalue weighted by molar-refractivity contribution is -0.140. The lowest BCUT2D eigenvalue weighted by atomic mass is 9.83. The van der Waals surface area contributed by atoms with E-state index in [0.717, 1.165) is 12.8 Å². The molecule has 0 radical (unpaired) electrons. The van der Waals surface area contributed by atoms with Crippen LogP contribution in [0.3, 0.4) is 0 Å². The smallest absolute Gasteiger partial charge is 0.255 e. The molecule has 11 nitrogen and oxygen atoms in total. The Kier molecular flexibility index (Phi) is 16.7. The number of ether oxygens (including phenoxy) is 3. The zero-order valence-corrected chi connectivity index (χ0v) is 27.6. The van der Waals surface area contributed by atoms with Gasteiger partial charge in [0, 0.05) is 45.3 Å². The Morgan fingerprint density at radius 1 is 1.00 bits per heavy atom. The van der Waals surface area contributed by atoms with E-state index in [-0.39, 0.29) is 41.9 Å². The van der Waals surface area contributed by atoms with Crippen LogP contribution in [0.4, 0.5) is 0 Å². The van der Waals surface area contributed by atoms with E-state index in [1.54, 1.807) is 37.1 Å². The Morgan fingerprint density at radius 3 is 2.30 bits per heavy atom. The summed E-state index contributed by atoms with van der Waals surface area (Å²) < 4.78 is 16.3. The highest BCUT2D eigenvalue weighted by molar-refractivity contribution is 5.96. The maximum Gasteiger partial charge on any atom is 0.255 e. The molecule has 1 saturated heterocycles. The summed E-state index contributed by atoms with van der Waals surface area (Å²) in [6.07, 6.45) is 1.42. The van der Waals surface area contributed by atoms with E-state index in [0.29, 0.717) is 63.8 Å². The van der Waals surface area contributed by atoms with Crippen LogP contribution in [0.1, 0.15) is 70.7 Å². The Labute approximate surface area is 263 Å². The molecule has 1 aromatic carbocycles. The zero-order valence-electron chi connectivity index (χ0n) is 27.6. The van der Waals surface area contributed by atoms with Gasteiger partial charge in [-0.3, -0.25) is 14.4 Å². The molecule has 5 unspecified atom stereocenters. The standard InChI is InChI=1S/C33H56N4O7/c1-22(2)25(21-35-31(39)26-11-7-8-12-30(26)44-16-10-9-15-42-6)19-28(34)29(38)20-27(23(3)4)32(40)36-24(5)33(41)37-13-17-43-18-14-37/h7-8,11-12,22-25,27-29,38H,9-10,13-21,34H2,1-6H3,(H,35,39)(H,36,40). The maximum atomic E-state index is 13.2. The highest BCUT2D eigenvalue weighted by Gasteiger charge is 2.32. The SMILES string of the molecule is COCCCCOc1ccccc1C(=O)NCC(CC(N)C(O)CC(C(=O)NC(C)C(=O)N1CCOCC1)C(C)C)C(C)C. The summed E-state index contributed by atoms with van der Waals surface area (Å²) in [4.78, 5) is 40.8. The monoisotopic (exact) mass is 620 g/mol. The van der Waals surface area contributed by atoms with Gasteiger partial charge in [0.15, 0.2) is 0 Å². The van der Waals surface area contributed by atoms with Crippen molar-refractivity contribution in [3.63, 3.8) is 0 Å². The van der Waals surface area contributed by atoms with Gasteiger partial charge < -0.3 is 40.6 Å². The molecule has 0 aromatic heterocycles. The third-order valence-corrected chi connectivity index (χ3v) is 8.36. The van der Waals surface area contributed by atoms with E-state index in [4.69, 9.17) is 19.9 Å². The summed E-state index contributed by atoms with van der Waals surface area (Å²) in [7, 11) is 1.67. The number of morpholine rings is 1. The molecule has 0 saturated carbocycles. The van der Waals surface area contributed by atoms with Crippen molar-refractivity contribution in [3.8, 4) is 5.75 Å². The quantitative estimate of drug-likeness (QED) is 0.172. The molecule has 250 valence electrons. The van der Waals surface area contributed by atoms with Crippen LogP contribution in [0.2, 0.25) is 0 Å². The van der Waals surface area contributed by atoms with Crippen molar-refractivity contribution in [2.45, 2.75) is 78.5 Å². The molecule has 1 heterocycles. The summed E-state index contributed by atoms with van der Waals surface area (Å²) in [5.41, 5.74) is 6.96. The van der Waals surface area contributed by atoms with Crippen molar-refractivity contribution in [2.75, 3.05) is 53.2 Å². The predicted molar refractivity (Wildman–Crippen MR) is 170 cm³/mol. The molecule has 0 spiro atoms. The molecule has 0 bridgehead atoms. The number of carbonyl (C=O) groups excluding carboxylic acids is 3. The van der Waals surface area contributed by atoms with Gasteiger partial charge in [-0.25, -0.2) is 0 Å². The number of rotatable bonds is 19. The fourth-order valence-corrected chi connectivity index (χ4v) is 5.28. The molecule has 11 heteroatoms. The summed E-state index contributed by atoms with van der Waals surface area (Å²) in [6.45, 7) is 13.2. The van der Waals surface area contributed by atoms with Crippen LogP contribution in [-0.2, 0) is 19.1 Å². The van der Waals surface area contributed by atoms with Crippen LogP contribution in [0.25, 0.3) is 0 Å². The van der Waals surface area contributed by atoms with E-state index < -0.39 is 24.1 Å². The van der Waals surface area contributed by atoms with Gasteiger partial charge in [0.2, 0.25) is 11.8 Å². The number of nitrogens with zero attached hydrogens (tertiary/aromatic N) is 1. The highest BCUT2D eigenvalue weighted by Crippen LogP contribution is 2.24. The number of nitrogens with one attached hydrogen (secondary N) is 2. The summed E-state index contributed by atoms with van der Waals surface area (Å²) in [5.74, 6) is -0.485. The van der Waals surface area contributed by atoms with E-state index in [2.05, 4.69) is 24.5 Å². The number of methoxy groups -OCH3 is 1. The molecular formula is C33H56N4O7. The van der Waals surface area contributed by atoms with Gasteiger partial charge in [0.25, 0.3) is 5.91 Å². The van der Waals surface area contributed by atoms with Gasteiger partial charge in [-0.2, -0.15) is 0 Å². The second-order valence-electron chi connectivity index (χ2n) is 12.5. The predicted octanol–water partition coefficient (Wildman–Crippen LogP) is 2.60. The van der Waals surface area contributed by atoms with E-state index in [1.807, 2.05) is 19.9 Å². The highest BCUT2D eigenvalue weighted by atomic mass is 16.5. The number of aliphatic hydroxyl groups excluding tert-OH is 1. The number of para-hydroxylation sites is 1. The maximum absolute atomic E-state index is 13.2. The van der Waals surface area contributed by atoms with Gasteiger partial charge in [-0.05, 0) is 62.5 Å². The van der Waals surface area contributed by atoms with Crippen LogP contribution in [0.15, 0.2) is 24.3 Å². The van der Waals surface area contributed by atoms with Crippen LogP contribution >= 0.6 is 0 Å². The molecule has 1 fully saturated rings. The number of aliphatic hydroxyl groups is 1. The number of hydrogen-bond acceptors (Lipinski definition) is 8. The van der Waals surface area contributed by atoms with E-state index in [9.17, 15) is 19.5 Å². The van der Waals surface area contributed by atoms with E-state index >= 15 is 0 Å². The second kappa shape index (κ2) is 19.6. The minimum Gasteiger partial charge on any atom is -0.493 e. The second-order valence-corrected chi connectivity index (χ2v) is 12.5. The number of carbonyl (C=O) groups is 3. The Morgan fingerprint density at radius 2 is 1.66 bits per heavy atom. The van der Waals surface area contributed by atoms with Gasteiger partial charge in [-0.1, -0.05) is 39.8 Å². The van der Waals surface area contributed by atoms with Crippen LogP contribution in [-0.4, -0.2) is 99.1 Å². The molecule has 3 amide bonds. The average molecular weight is 621 g/mol. The molecule has 0 aliphatic carbocycles. The third-order valence-electron chi connectivity index (χ3n) is 8.36. The molecule has 5 N–H and O–H groups in total. The Bertz CT molecular complexity index is 1020. The number of hydrogen-bond donors (Lipinski definition) is 4. The molecule has 44 heavy (non-hydrogen) atoms. The average Bonchev–Trinajstić information content (AvgIpc) is 3.01. The number of nitrogens with two attached hydrogens (primary N) is 1. The van der Waals surface area contributed by atoms with Crippen molar-refractivity contribution in [1.82, 2.24) is 15.5 Å². The molecular weight excluding hydrogens is 564 g/mol. The summed E-state index contributed by atoms with van der Waals surface area (Å²) in [6, 6.07) is 5.91. The van der Waals surface area contributed by atoms with Crippen molar-refractivity contribution in [1.29, 1.82) is 0 Å². The first-order valence-electron chi connectivity index (χ1n) is 16.1. The van der Waals surface area contributed by atoms with E-state index in [1.165, 1.54) is 0 Å². The number of amides is 3. The third kappa shape index (κ3) is 12.3. The molecule has 1 aliphatic rings. The van der Waals surface area contributed by atoms with Gasteiger partial charge in [0.1, 0.15) is 11.8 Å².